The lowest BCUT2D eigenvalue weighted by atomic mass is 9.97. The van der Waals surface area contributed by atoms with Crippen LogP contribution in [0.4, 0.5) is 0 Å². The molecule has 0 saturated heterocycles. The standard InChI is InChI=1S/C10H14ClSi/c1-3-10(2,12-11)9-7-5-4-6-8-9/h4-8H,1,3,12H2,2H3. The summed E-state index contributed by atoms with van der Waals surface area (Å²) in [6.07, 6.45) is 0.896. The Morgan fingerprint density at radius 2 is 2.00 bits per heavy atom. The Morgan fingerprint density at radius 1 is 1.42 bits per heavy atom. The number of hydrogen-bond acceptors (Lipinski definition) is 0. The van der Waals surface area contributed by atoms with Crippen LogP contribution in [0.15, 0.2) is 30.3 Å². The molecule has 12 heavy (non-hydrogen) atoms. The molecule has 0 heterocycles. The Morgan fingerprint density at radius 3 is 2.42 bits per heavy atom. The van der Waals surface area contributed by atoms with Crippen LogP contribution in [0.25, 0.3) is 0 Å². The van der Waals surface area contributed by atoms with E-state index in [1.165, 1.54) is 5.56 Å². The van der Waals surface area contributed by atoms with Crippen molar-refractivity contribution < 1.29 is 0 Å². The van der Waals surface area contributed by atoms with Gasteiger partial charge in [0.05, 0.1) is 0 Å². The molecule has 0 aliphatic carbocycles. The van der Waals surface area contributed by atoms with E-state index in [-0.39, 0.29) is 5.04 Å². The average molecular weight is 198 g/mol. The molecule has 0 aliphatic rings. The lowest BCUT2D eigenvalue weighted by Crippen LogP contribution is -2.25. The molecule has 0 saturated carbocycles. The summed E-state index contributed by atoms with van der Waals surface area (Å²) < 4.78 is 0. The zero-order valence-corrected chi connectivity index (χ0v) is 9.56. The second-order valence-electron chi connectivity index (χ2n) is 3.31. The summed E-state index contributed by atoms with van der Waals surface area (Å²) >= 11 is 6.04. The van der Waals surface area contributed by atoms with Gasteiger partial charge in [0.1, 0.15) is 8.83 Å². The summed E-state index contributed by atoms with van der Waals surface area (Å²) in [4.78, 5) is 0. The number of benzene rings is 1. The Labute approximate surface area is 81.5 Å². The topological polar surface area (TPSA) is 0 Å². The Hall–Kier alpha value is -0.273. The molecule has 1 radical (unpaired) electrons. The lowest BCUT2D eigenvalue weighted by molar-refractivity contribution is 0.683. The molecule has 0 spiro atoms. The van der Waals surface area contributed by atoms with Gasteiger partial charge in [-0.25, -0.2) is 0 Å². The molecule has 1 atom stereocenters. The van der Waals surface area contributed by atoms with E-state index in [0.717, 1.165) is 6.42 Å². The van der Waals surface area contributed by atoms with Gasteiger partial charge in [-0.15, -0.1) is 0 Å². The summed E-state index contributed by atoms with van der Waals surface area (Å²) in [5.74, 6) is 0. The third kappa shape index (κ3) is 1.90. The first-order chi connectivity index (χ1) is 5.73. The van der Waals surface area contributed by atoms with Gasteiger partial charge >= 0.3 is 0 Å². The molecule has 0 fully saturated rings. The van der Waals surface area contributed by atoms with E-state index >= 15 is 0 Å². The van der Waals surface area contributed by atoms with Crippen LogP contribution in [0.2, 0.25) is 0 Å². The third-order valence-electron chi connectivity index (χ3n) is 2.32. The minimum absolute atomic E-state index is 0.169. The summed E-state index contributed by atoms with van der Waals surface area (Å²) in [5.41, 5.74) is 1.33. The molecule has 1 aromatic carbocycles. The van der Waals surface area contributed by atoms with Crippen molar-refractivity contribution in [2.24, 2.45) is 0 Å². The fraction of sp³-hybridized carbons (Fsp3) is 0.300. The van der Waals surface area contributed by atoms with E-state index in [4.69, 9.17) is 11.1 Å². The molecule has 65 valence electrons. The van der Waals surface area contributed by atoms with Crippen LogP contribution in [0, 0.1) is 6.92 Å². The maximum Gasteiger partial charge on any atom is 0.135 e. The van der Waals surface area contributed by atoms with Gasteiger partial charge < -0.3 is 0 Å². The van der Waals surface area contributed by atoms with Gasteiger partial charge in [-0.3, -0.25) is 0 Å². The van der Waals surface area contributed by atoms with Gasteiger partial charge in [-0.1, -0.05) is 44.2 Å². The molecular formula is C10H14ClSi. The van der Waals surface area contributed by atoms with Gasteiger partial charge in [-0.05, 0) is 17.0 Å². The van der Waals surface area contributed by atoms with Crippen LogP contribution in [-0.4, -0.2) is 8.83 Å². The van der Waals surface area contributed by atoms with Crippen molar-refractivity contribution in [1.29, 1.82) is 0 Å². The van der Waals surface area contributed by atoms with Crippen LogP contribution in [0.3, 0.4) is 0 Å². The lowest BCUT2D eigenvalue weighted by Gasteiger charge is -2.25. The maximum atomic E-state index is 6.04. The molecule has 1 unspecified atom stereocenters. The quantitative estimate of drug-likeness (QED) is 0.516. The van der Waals surface area contributed by atoms with Crippen molar-refractivity contribution in [2.75, 3.05) is 0 Å². The van der Waals surface area contributed by atoms with E-state index in [1.54, 1.807) is 0 Å². The normalized spacial score (nSPS) is 16.6. The highest BCUT2D eigenvalue weighted by Crippen LogP contribution is 2.26. The highest BCUT2D eigenvalue weighted by molar-refractivity contribution is 6.95. The van der Waals surface area contributed by atoms with Crippen LogP contribution in [-0.2, 0) is 5.04 Å². The highest BCUT2D eigenvalue weighted by atomic mass is 35.6. The fourth-order valence-corrected chi connectivity index (χ4v) is 2.52. The van der Waals surface area contributed by atoms with Gasteiger partial charge in [0, 0.05) is 0 Å². The first-order valence-electron chi connectivity index (χ1n) is 4.14. The van der Waals surface area contributed by atoms with E-state index in [9.17, 15) is 0 Å². The van der Waals surface area contributed by atoms with Crippen molar-refractivity contribution in [3.8, 4) is 0 Å². The van der Waals surface area contributed by atoms with Gasteiger partial charge in [0.15, 0.2) is 0 Å². The van der Waals surface area contributed by atoms with Gasteiger partial charge in [0.25, 0.3) is 0 Å². The number of halogens is 1. The fourth-order valence-electron chi connectivity index (χ4n) is 1.13. The second-order valence-corrected chi connectivity index (χ2v) is 5.94. The zero-order valence-electron chi connectivity index (χ0n) is 7.39. The molecular weight excluding hydrogens is 184 g/mol. The molecule has 0 aromatic heterocycles. The largest absolute Gasteiger partial charge is 0.175 e. The molecule has 0 bridgehead atoms. The Kier molecular flexibility index (Phi) is 3.36. The second kappa shape index (κ2) is 4.10. The van der Waals surface area contributed by atoms with Crippen LogP contribution in [0.1, 0.15) is 18.9 Å². The minimum atomic E-state index is -0.557. The van der Waals surface area contributed by atoms with Crippen molar-refractivity contribution >= 4 is 19.9 Å². The summed E-state index contributed by atoms with van der Waals surface area (Å²) in [7, 11) is -0.557. The highest BCUT2D eigenvalue weighted by Gasteiger charge is 2.23. The molecule has 2 heteroatoms. The molecule has 0 N–H and O–H groups in total. The number of rotatable bonds is 3. The minimum Gasteiger partial charge on any atom is -0.175 e. The molecule has 1 aromatic rings. The maximum absolute atomic E-state index is 6.04. The van der Waals surface area contributed by atoms with Crippen molar-refractivity contribution in [3.63, 3.8) is 0 Å². The molecule has 0 nitrogen and oxygen atoms in total. The zero-order chi connectivity index (χ0) is 9.03. The summed E-state index contributed by atoms with van der Waals surface area (Å²) in [5, 5.41) is 0.169. The summed E-state index contributed by atoms with van der Waals surface area (Å²) in [6.45, 7) is 6.16. The van der Waals surface area contributed by atoms with Crippen molar-refractivity contribution in [1.82, 2.24) is 0 Å². The smallest absolute Gasteiger partial charge is 0.135 e. The first-order valence-corrected chi connectivity index (χ1v) is 6.98. The van der Waals surface area contributed by atoms with E-state index < -0.39 is 8.83 Å². The predicted octanol–water partition coefficient (Wildman–Crippen LogP) is 2.45. The third-order valence-corrected chi connectivity index (χ3v) is 5.44. The number of hydrogen-bond donors (Lipinski definition) is 0. The Bertz CT molecular complexity index is 229. The van der Waals surface area contributed by atoms with Crippen LogP contribution < -0.4 is 0 Å². The molecule has 1 rings (SSSR count). The molecule has 0 amide bonds. The summed E-state index contributed by atoms with van der Waals surface area (Å²) in [6, 6.07) is 10.4. The SMILES string of the molecule is [CH2]CC(C)([SiH2]Cl)c1ccccc1. The monoisotopic (exact) mass is 197 g/mol. The Balaban J connectivity index is 2.95. The van der Waals surface area contributed by atoms with Crippen LogP contribution in [0.5, 0.6) is 0 Å². The average Bonchev–Trinajstić information content (AvgIpc) is 2.18. The predicted molar refractivity (Wildman–Crippen MR) is 58.2 cm³/mol. The van der Waals surface area contributed by atoms with Crippen molar-refractivity contribution in [3.05, 3.63) is 42.8 Å². The van der Waals surface area contributed by atoms with Crippen LogP contribution >= 0.6 is 11.1 Å². The van der Waals surface area contributed by atoms with E-state index in [1.807, 2.05) is 6.07 Å². The first kappa shape index (κ1) is 9.81. The van der Waals surface area contributed by atoms with Crippen molar-refractivity contribution in [2.45, 2.75) is 18.4 Å². The van der Waals surface area contributed by atoms with Gasteiger partial charge in [0.2, 0.25) is 0 Å². The van der Waals surface area contributed by atoms with Gasteiger partial charge in [-0.2, -0.15) is 11.1 Å². The molecule has 0 aliphatic heterocycles. The van der Waals surface area contributed by atoms with E-state index in [2.05, 4.69) is 38.1 Å². The van der Waals surface area contributed by atoms with E-state index in [0.29, 0.717) is 0 Å².